The van der Waals surface area contributed by atoms with Crippen molar-refractivity contribution in [1.82, 2.24) is 10.3 Å². The number of hydrogen-bond acceptors (Lipinski definition) is 3. The predicted octanol–water partition coefficient (Wildman–Crippen LogP) is 2.75. The molecule has 0 bridgehead atoms. The van der Waals surface area contributed by atoms with Gasteiger partial charge in [0.2, 0.25) is 0 Å². The summed E-state index contributed by atoms with van der Waals surface area (Å²) in [4.78, 5) is 4.17. The lowest BCUT2D eigenvalue weighted by Crippen LogP contribution is -2.36. The Morgan fingerprint density at radius 2 is 2.24 bits per heavy atom. The van der Waals surface area contributed by atoms with Crippen molar-refractivity contribution in [2.75, 3.05) is 13.2 Å². The van der Waals surface area contributed by atoms with Crippen LogP contribution in [0.2, 0.25) is 0 Å². The third kappa shape index (κ3) is 4.05. The van der Waals surface area contributed by atoms with E-state index in [0.29, 0.717) is 6.04 Å². The van der Waals surface area contributed by atoms with E-state index in [1.807, 2.05) is 12.4 Å². The number of nitrogens with zero attached hydrogens (tertiary/aromatic N) is 1. The van der Waals surface area contributed by atoms with Gasteiger partial charge in [-0.15, -0.1) is 0 Å². The Kier molecular flexibility index (Phi) is 4.95. The number of aromatic nitrogens is 1. The highest BCUT2D eigenvalue weighted by Gasteiger charge is 2.19. The van der Waals surface area contributed by atoms with E-state index in [0.717, 1.165) is 30.1 Å². The van der Waals surface area contributed by atoms with Crippen LogP contribution < -0.4 is 5.32 Å². The van der Waals surface area contributed by atoms with Crippen molar-refractivity contribution >= 4 is 15.9 Å². The Bertz CT molecular complexity index is 353. The van der Waals surface area contributed by atoms with Crippen LogP contribution in [0, 0.1) is 5.92 Å². The lowest BCUT2D eigenvalue weighted by Gasteiger charge is -2.28. The van der Waals surface area contributed by atoms with Gasteiger partial charge in [-0.25, -0.2) is 0 Å². The van der Waals surface area contributed by atoms with Gasteiger partial charge in [0.05, 0.1) is 0 Å². The van der Waals surface area contributed by atoms with Crippen molar-refractivity contribution < 1.29 is 4.74 Å². The van der Waals surface area contributed by atoms with Gasteiger partial charge >= 0.3 is 0 Å². The van der Waals surface area contributed by atoms with E-state index < -0.39 is 0 Å². The molecule has 1 fully saturated rings. The summed E-state index contributed by atoms with van der Waals surface area (Å²) < 4.78 is 6.42. The first-order valence-electron chi connectivity index (χ1n) is 6.16. The monoisotopic (exact) mass is 298 g/mol. The molecule has 0 saturated carbocycles. The Balaban J connectivity index is 1.80. The zero-order chi connectivity index (χ0) is 12.1. The van der Waals surface area contributed by atoms with E-state index >= 15 is 0 Å². The van der Waals surface area contributed by atoms with Crippen LogP contribution in [0.1, 0.15) is 25.3 Å². The van der Waals surface area contributed by atoms with Gasteiger partial charge in [0.25, 0.3) is 0 Å². The standard InChI is InChI=1S/C13H19BrN2O/c1-10(12-2-4-17-5-3-12)16-8-11-6-13(14)9-15-7-11/h6-7,9-10,12,16H,2-5,8H2,1H3. The van der Waals surface area contributed by atoms with Crippen LogP contribution in [-0.4, -0.2) is 24.2 Å². The molecule has 4 heteroatoms. The molecule has 1 saturated heterocycles. The van der Waals surface area contributed by atoms with Crippen LogP contribution in [0.5, 0.6) is 0 Å². The molecular formula is C13H19BrN2O. The van der Waals surface area contributed by atoms with Crippen molar-refractivity contribution in [2.45, 2.75) is 32.4 Å². The number of hydrogen-bond donors (Lipinski definition) is 1. The minimum Gasteiger partial charge on any atom is -0.381 e. The average molecular weight is 299 g/mol. The van der Waals surface area contributed by atoms with Gasteiger partial charge in [-0.3, -0.25) is 4.98 Å². The van der Waals surface area contributed by atoms with Crippen molar-refractivity contribution in [2.24, 2.45) is 5.92 Å². The maximum Gasteiger partial charge on any atom is 0.0469 e. The highest BCUT2D eigenvalue weighted by atomic mass is 79.9. The van der Waals surface area contributed by atoms with Gasteiger partial charge < -0.3 is 10.1 Å². The second-order valence-electron chi connectivity index (χ2n) is 4.63. The van der Waals surface area contributed by atoms with Gasteiger partial charge in [0, 0.05) is 42.7 Å². The minimum absolute atomic E-state index is 0.540. The molecule has 0 radical (unpaired) electrons. The molecular weight excluding hydrogens is 280 g/mol. The fourth-order valence-electron chi connectivity index (χ4n) is 2.21. The lowest BCUT2D eigenvalue weighted by atomic mass is 9.93. The highest BCUT2D eigenvalue weighted by molar-refractivity contribution is 9.10. The minimum atomic E-state index is 0.540. The van der Waals surface area contributed by atoms with E-state index in [-0.39, 0.29) is 0 Å². The van der Waals surface area contributed by atoms with Gasteiger partial charge in [-0.2, -0.15) is 0 Å². The molecule has 1 aliphatic rings. The summed E-state index contributed by atoms with van der Waals surface area (Å²) in [5.41, 5.74) is 1.22. The van der Waals surface area contributed by atoms with Gasteiger partial charge in [0.1, 0.15) is 0 Å². The van der Waals surface area contributed by atoms with Gasteiger partial charge in [-0.1, -0.05) is 0 Å². The topological polar surface area (TPSA) is 34.2 Å². The molecule has 0 aliphatic carbocycles. The van der Waals surface area contributed by atoms with Crippen molar-refractivity contribution in [3.05, 3.63) is 28.5 Å². The van der Waals surface area contributed by atoms with Crippen molar-refractivity contribution in [3.63, 3.8) is 0 Å². The first-order valence-corrected chi connectivity index (χ1v) is 6.95. The molecule has 2 rings (SSSR count). The molecule has 2 heterocycles. The smallest absolute Gasteiger partial charge is 0.0469 e. The van der Waals surface area contributed by atoms with E-state index in [1.165, 1.54) is 18.4 Å². The molecule has 1 aromatic rings. The molecule has 0 aromatic carbocycles. The molecule has 3 nitrogen and oxygen atoms in total. The highest BCUT2D eigenvalue weighted by Crippen LogP contribution is 2.19. The molecule has 1 aromatic heterocycles. The summed E-state index contributed by atoms with van der Waals surface area (Å²) in [6, 6.07) is 2.65. The van der Waals surface area contributed by atoms with E-state index in [1.54, 1.807) is 0 Å². The molecule has 0 amide bonds. The number of rotatable bonds is 4. The van der Waals surface area contributed by atoms with Crippen LogP contribution in [-0.2, 0) is 11.3 Å². The maximum absolute atomic E-state index is 5.38. The van der Waals surface area contributed by atoms with Crippen molar-refractivity contribution in [3.8, 4) is 0 Å². The zero-order valence-electron chi connectivity index (χ0n) is 10.2. The Morgan fingerprint density at radius 3 is 2.94 bits per heavy atom. The molecule has 17 heavy (non-hydrogen) atoms. The SMILES string of the molecule is CC(NCc1cncc(Br)c1)C1CCOCC1. The third-order valence-electron chi connectivity index (χ3n) is 3.36. The average Bonchev–Trinajstić information content (AvgIpc) is 2.37. The molecule has 0 spiro atoms. The number of pyridine rings is 1. The second kappa shape index (κ2) is 6.47. The van der Waals surface area contributed by atoms with Crippen LogP contribution >= 0.6 is 15.9 Å². The Hall–Kier alpha value is -0.450. The Labute approximate surface area is 111 Å². The molecule has 1 N–H and O–H groups in total. The summed E-state index contributed by atoms with van der Waals surface area (Å²) in [5, 5.41) is 3.58. The van der Waals surface area contributed by atoms with E-state index in [2.05, 4.69) is 39.2 Å². The summed E-state index contributed by atoms with van der Waals surface area (Å²) >= 11 is 3.44. The van der Waals surface area contributed by atoms with Crippen molar-refractivity contribution in [1.29, 1.82) is 0 Å². The fraction of sp³-hybridized carbons (Fsp3) is 0.615. The van der Waals surface area contributed by atoms with Gasteiger partial charge in [-0.05, 0) is 53.2 Å². The second-order valence-corrected chi connectivity index (χ2v) is 5.55. The van der Waals surface area contributed by atoms with Crippen LogP contribution in [0.25, 0.3) is 0 Å². The first kappa shape index (κ1) is 13.0. The number of halogens is 1. The van der Waals surface area contributed by atoms with Crippen LogP contribution in [0.4, 0.5) is 0 Å². The van der Waals surface area contributed by atoms with E-state index in [9.17, 15) is 0 Å². The maximum atomic E-state index is 5.38. The molecule has 94 valence electrons. The fourth-order valence-corrected chi connectivity index (χ4v) is 2.63. The third-order valence-corrected chi connectivity index (χ3v) is 3.80. The Morgan fingerprint density at radius 1 is 1.47 bits per heavy atom. The zero-order valence-corrected chi connectivity index (χ0v) is 11.7. The summed E-state index contributed by atoms with van der Waals surface area (Å²) in [7, 11) is 0. The normalized spacial score (nSPS) is 19.2. The summed E-state index contributed by atoms with van der Waals surface area (Å²) in [6.45, 7) is 4.97. The molecule has 1 unspecified atom stereocenters. The molecule has 1 aliphatic heterocycles. The largest absolute Gasteiger partial charge is 0.381 e. The quantitative estimate of drug-likeness (QED) is 0.928. The lowest BCUT2D eigenvalue weighted by molar-refractivity contribution is 0.0558. The summed E-state index contributed by atoms with van der Waals surface area (Å²) in [5.74, 6) is 0.740. The molecule has 1 atom stereocenters. The number of nitrogens with one attached hydrogen (secondary N) is 1. The van der Waals surface area contributed by atoms with Crippen LogP contribution in [0.3, 0.4) is 0 Å². The predicted molar refractivity (Wildman–Crippen MR) is 71.8 cm³/mol. The summed E-state index contributed by atoms with van der Waals surface area (Å²) in [6.07, 6.45) is 6.07. The van der Waals surface area contributed by atoms with Crippen LogP contribution in [0.15, 0.2) is 22.9 Å². The van der Waals surface area contributed by atoms with Gasteiger partial charge in [0.15, 0.2) is 0 Å². The van der Waals surface area contributed by atoms with E-state index in [4.69, 9.17) is 4.74 Å². The first-order chi connectivity index (χ1) is 8.25. The number of ether oxygens (including phenoxy) is 1.